The predicted octanol–water partition coefficient (Wildman–Crippen LogP) is 1.25. The van der Waals surface area contributed by atoms with Crippen molar-refractivity contribution < 1.29 is 12.9 Å². The normalized spacial score (nSPS) is 13.3. The maximum Gasteiger partial charge on any atom is 0.226 e. The van der Waals surface area contributed by atoms with Gasteiger partial charge in [-0.15, -0.1) is 0 Å². The fraction of sp³-hybridized carbons (Fsp3) is 0.385. The van der Waals surface area contributed by atoms with Crippen LogP contribution >= 0.6 is 0 Å². The molecule has 1 heterocycles. The monoisotopic (exact) mass is 295 g/mol. The lowest BCUT2D eigenvalue weighted by molar-refractivity contribution is 0.367. The van der Waals surface area contributed by atoms with E-state index in [9.17, 15) is 8.42 Å². The summed E-state index contributed by atoms with van der Waals surface area (Å²) < 4.78 is 27.3. The Labute approximate surface area is 117 Å². The van der Waals surface area contributed by atoms with Gasteiger partial charge in [-0.2, -0.15) is 4.98 Å². The number of hydrogen-bond donors (Lipinski definition) is 1. The molecule has 7 heteroatoms. The van der Waals surface area contributed by atoms with Crippen molar-refractivity contribution in [2.24, 2.45) is 5.73 Å². The third-order valence-corrected chi connectivity index (χ3v) is 3.58. The number of benzene rings is 1. The van der Waals surface area contributed by atoms with Crippen LogP contribution in [0, 0.1) is 0 Å². The Bertz CT molecular complexity index is 653. The molecule has 2 rings (SSSR count). The number of hydrogen-bond acceptors (Lipinski definition) is 6. The third-order valence-electron chi connectivity index (χ3n) is 2.80. The van der Waals surface area contributed by atoms with Crippen LogP contribution in [0.3, 0.4) is 0 Å². The molecule has 0 aliphatic rings. The van der Waals surface area contributed by atoms with Crippen molar-refractivity contribution in [3.05, 3.63) is 47.6 Å². The van der Waals surface area contributed by atoms with Crippen molar-refractivity contribution in [2.45, 2.75) is 24.6 Å². The third kappa shape index (κ3) is 4.43. The van der Waals surface area contributed by atoms with Gasteiger partial charge in [0.2, 0.25) is 5.89 Å². The maximum absolute atomic E-state index is 11.1. The zero-order valence-corrected chi connectivity index (χ0v) is 12.0. The summed E-state index contributed by atoms with van der Waals surface area (Å²) in [5, 5.41) is 3.65. The van der Waals surface area contributed by atoms with Gasteiger partial charge in [-0.25, -0.2) is 8.42 Å². The molecule has 0 amide bonds. The molecule has 0 radical (unpaired) electrons. The Morgan fingerprint density at radius 3 is 2.65 bits per heavy atom. The minimum Gasteiger partial charge on any atom is -0.339 e. The van der Waals surface area contributed by atoms with Crippen LogP contribution in [-0.2, 0) is 22.0 Å². The van der Waals surface area contributed by atoms with Crippen molar-refractivity contribution in [1.29, 1.82) is 0 Å². The molecule has 0 aliphatic heterocycles. The lowest BCUT2D eigenvalue weighted by Crippen LogP contribution is -2.11. The summed E-state index contributed by atoms with van der Waals surface area (Å²) in [6.07, 6.45) is 2.31. The average molecular weight is 295 g/mol. The van der Waals surface area contributed by atoms with E-state index in [4.69, 9.17) is 10.3 Å². The molecule has 0 aliphatic carbocycles. The molecule has 2 N–H and O–H groups in total. The van der Waals surface area contributed by atoms with Gasteiger partial charge in [0.1, 0.15) is 5.75 Å². The molecule has 0 bridgehead atoms. The molecule has 20 heavy (non-hydrogen) atoms. The van der Waals surface area contributed by atoms with Gasteiger partial charge in [0, 0.05) is 18.7 Å². The first-order chi connectivity index (χ1) is 9.44. The smallest absolute Gasteiger partial charge is 0.226 e. The molecule has 1 aromatic heterocycles. The van der Waals surface area contributed by atoms with Crippen LogP contribution in [0.2, 0.25) is 0 Å². The molecule has 0 saturated carbocycles. The van der Waals surface area contributed by atoms with Crippen molar-refractivity contribution in [2.75, 3.05) is 6.26 Å². The van der Waals surface area contributed by atoms with E-state index >= 15 is 0 Å². The summed E-state index contributed by atoms with van der Waals surface area (Å²) in [6.45, 7) is 0. The van der Waals surface area contributed by atoms with Gasteiger partial charge in [-0.1, -0.05) is 35.5 Å². The molecule has 0 fully saturated rings. The van der Waals surface area contributed by atoms with E-state index in [1.807, 2.05) is 30.3 Å². The number of nitrogens with two attached hydrogens (primary N) is 1. The minimum absolute atomic E-state index is 0.110. The first-order valence-corrected chi connectivity index (χ1v) is 8.30. The van der Waals surface area contributed by atoms with Crippen LogP contribution < -0.4 is 5.73 Å². The van der Waals surface area contributed by atoms with Crippen LogP contribution in [0.15, 0.2) is 34.9 Å². The molecule has 0 saturated heterocycles. The topological polar surface area (TPSA) is 99.1 Å². The standard InChI is InChI=1S/C13H17N3O3S/c1-20(17,18)9-12-15-13(19-16-12)8-7-11(14)10-5-3-2-4-6-10/h2-6,11H,7-9,14H2,1H3. The first-order valence-electron chi connectivity index (χ1n) is 6.24. The van der Waals surface area contributed by atoms with E-state index in [2.05, 4.69) is 10.1 Å². The van der Waals surface area contributed by atoms with Gasteiger partial charge in [0.15, 0.2) is 15.7 Å². The Morgan fingerprint density at radius 2 is 2.00 bits per heavy atom. The quantitative estimate of drug-likeness (QED) is 0.861. The second kappa shape index (κ2) is 6.15. The van der Waals surface area contributed by atoms with Gasteiger partial charge in [0.25, 0.3) is 0 Å². The highest BCUT2D eigenvalue weighted by atomic mass is 32.2. The maximum atomic E-state index is 11.1. The van der Waals surface area contributed by atoms with Crippen LogP contribution in [0.4, 0.5) is 0 Å². The largest absolute Gasteiger partial charge is 0.339 e. The highest BCUT2D eigenvalue weighted by molar-refractivity contribution is 7.89. The Balaban J connectivity index is 1.92. The lowest BCUT2D eigenvalue weighted by atomic mass is 10.0. The molecule has 1 unspecified atom stereocenters. The number of nitrogens with zero attached hydrogens (tertiary/aromatic N) is 2. The van der Waals surface area contributed by atoms with E-state index in [-0.39, 0.29) is 17.6 Å². The van der Waals surface area contributed by atoms with E-state index in [0.29, 0.717) is 18.7 Å². The Kier molecular flexibility index (Phi) is 4.51. The van der Waals surface area contributed by atoms with E-state index < -0.39 is 9.84 Å². The Morgan fingerprint density at radius 1 is 1.30 bits per heavy atom. The SMILES string of the molecule is CS(=O)(=O)Cc1noc(CCC(N)c2ccccc2)n1. The summed E-state index contributed by atoms with van der Waals surface area (Å²) in [5.41, 5.74) is 7.11. The second-order valence-electron chi connectivity index (χ2n) is 4.73. The van der Waals surface area contributed by atoms with Gasteiger partial charge >= 0.3 is 0 Å². The van der Waals surface area contributed by atoms with Crippen molar-refractivity contribution in [3.8, 4) is 0 Å². The van der Waals surface area contributed by atoms with E-state index in [0.717, 1.165) is 11.8 Å². The zero-order valence-electron chi connectivity index (χ0n) is 11.2. The van der Waals surface area contributed by atoms with Crippen LogP contribution in [0.1, 0.15) is 29.7 Å². The molecule has 2 aromatic rings. The Hall–Kier alpha value is -1.73. The molecule has 1 aromatic carbocycles. The number of aryl methyl sites for hydroxylation is 1. The molecular weight excluding hydrogens is 278 g/mol. The van der Waals surface area contributed by atoms with E-state index in [1.165, 1.54) is 0 Å². The molecular formula is C13H17N3O3S. The van der Waals surface area contributed by atoms with Crippen LogP contribution in [-0.4, -0.2) is 24.8 Å². The summed E-state index contributed by atoms with van der Waals surface area (Å²) in [5.74, 6) is 0.396. The molecule has 0 spiro atoms. The van der Waals surface area contributed by atoms with Gasteiger partial charge in [-0.3, -0.25) is 0 Å². The lowest BCUT2D eigenvalue weighted by Gasteiger charge is -2.09. The summed E-state index contributed by atoms with van der Waals surface area (Å²) in [6, 6.07) is 9.63. The summed E-state index contributed by atoms with van der Waals surface area (Å²) in [4.78, 5) is 4.05. The average Bonchev–Trinajstić information content (AvgIpc) is 2.82. The summed E-state index contributed by atoms with van der Waals surface area (Å²) in [7, 11) is -3.15. The van der Waals surface area contributed by atoms with Crippen molar-refractivity contribution >= 4 is 9.84 Å². The van der Waals surface area contributed by atoms with Gasteiger partial charge < -0.3 is 10.3 Å². The molecule has 1 atom stereocenters. The second-order valence-corrected chi connectivity index (χ2v) is 6.87. The predicted molar refractivity (Wildman–Crippen MR) is 74.5 cm³/mol. The van der Waals surface area contributed by atoms with Gasteiger partial charge in [-0.05, 0) is 12.0 Å². The van der Waals surface area contributed by atoms with E-state index in [1.54, 1.807) is 0 Å². The van der Waals surface area contributed by atoms with Gasteiger partial charge in [0.05, 0.1) is 0 Å². The van der Waals surface area contributed by atoms with Crippen LogP contribution in [0.5, 0.6) is 0 Å². The fourth-order valence-corrected chi connectivity index (χ4v) is 2.42. The summed E-state index contributed by atoms with van der Waals surface area (Å²) >= 11 is 0. The highest BCUT2D eigenvalue weighted by Crippen LogP contribution is 2.16. The minimum atomic E-state index is -3.15. The first kappa shape index (κ1) is 14.7. The highest BCUT2D eigenvalue weighted by Gasteiger charge is 2.13. The van der Waals surface area contributed by atoms with Crippen molar-refractivity contribution in [1.82, 2.24) is 10.1 Å². The molecule has 6 nitrogen and oxygen atoms in total. The molecule has 108 valence electrons. The van der Waals surface area contributed by atoms with Crippen LogP contribution in [0.25, 0.3) is 0 Å². The zero-order chi connectivity index (χ0) is 14.6. The van der Waals surface area contributed by atoms with Crippen molar-refractivity contribution in [3.63, 3.8) is 0 Å². The number of rotatable bonds is 6. The number of sulfone groups is 1. The fourth-order valence-electron chi connectivity index (χ4n) is 1.83. The number of aromatic nitrogens is 2.